The van der Waals surface area contributed by atoms with Gasteiger partial charge in [-0.1, -0.05) is 0 Å². The van der Waals surface area contributed by atoms with Crippen LogP contribution < -0.4 is 10.6 Å². The summed E-state index contributed by atoms with van der Waals surface area (Å²) in [6, 6.07) is 2.09. The number of aromatic amines is 1. The van der Waals surface area contributed by atoms with E-state index in [0.29, 0.717) is 6.10 Å². The molecule has 1 aromatic heterocycles. The third-order valence-electron chi connectivity index (χ3n) is 2.64. The average molecular weight is 209 g/mol. The van der Waals surface area contributed by atoms with Gasteiger partial charge in [-0.05, 0) is 24.6 Å². The Kier molecular flexibility index (Phi) is 4.20. The molecule has 1 aromatic rings. The van der Waals surface area contributed by atoms with Crippen LogP contribution in [0.2, 0.25) is 0 Å². The van der Waals surface area contributed by atoms with Gasteiger partial charge in [-0.2, -0.15) is 0 Å². The second kappa shape index (κ2) is 5.90. The van der Waals surface area contributed by atoms with Crippen LogP contribution >= 0.6 is 0 Å². The molecule has 0 bridgehead atoms. The van der Waals surface area contributed by atoms with Crippen molar-refractivity contribution < 1.29 is 4.74 Å². The molecule has 15 heavy (non-hydrogen) atoms. The van der Waals surface area contributed by atoms with Crippen molar-refractivity contribution in [1.29, 1.82) is 0 Å². The van der Waals surface area contributed by atoms with Gasteiger partial charge in [-0.15, -0.1) is 0 Å². The van der Waals surface area contributed by atoms with E-state index in [9.17, 15) is 0 Å². The third kappa shape index (κ3) is 3.66. The predicted octanol–water partition coefficient (Wildman–Crippen LogP) is 0.483. The fraction of sp³-hybridized carbons (Fsp3) is 0.636. The van der Waals surface area contributed by atoms with Crippen molar-refractivity contribution >= 4 is 0 Å². The van der Waals surface area contributed by atoms with E-state index in [1.165, 1.54) is 5.56 Å². The first-order chi connectivity index (χ1) is 7.45. The summed E-state index contributed by atoms with van der Waals surface area (Å²) in [7, 11) is 0. The minimum Gasteiger partial charge on any atom is -0.376 e. The van der Waals surface area contributed by atoms with Crippen LogP contribution in [0.3, 0.4) is 0 Å². The number of ether oxygens (including phenoxy) is 1. The van der Waals surface area contributed by atoms with Gasteiger partial charge in [0.05, 0.1) is 12.7 Å². The normalized spacial score (nSPS) is 21.7. The van der Waals surface area contributed by atoms with Gasteiger partial charge >= 0.3 is 0 Å². The molecule has 0 radical (unpaired) electrons. The summed E-state index contributed by atoms with van der Waals surface area (Å²) in [5, 5.41) is 6.74. The summed E-state index contributed by atoms with van der Waals surface area (Å²) in [6.45, 7) is 4.78. The fourth-order valence-electron chi connectivity index (χ4n) is 1.77. The van der Waals surface area contributed by atoms with Crippen molar-refractivity contribution in [3.05, 3.63) is 24.0 Å². The van der Waals surface area contributed by atoms with Gasteiger partial charge in [0.15, 0.2) is 0 Å². The number of hydrogen-bond acceptors (Lipinski definition) is 3. The molecule has 1 saturated heterocycles. The zero-order valence-electron chi connectivity index (χ0n) is 8.96. The maximum absolute atomic E-state index is 5.61. The molecule has 1 aliphatic rings. The largest absolute Gasteiger partial charge is 0.376 e. The predicted molar refractivity (Wildman–Crippen MR) is 59.7 cm³/mol. The van der Waals surface area contributed by atoms with Crippen molar-refractivity contribution in [2.45, 2.75) is 19.1 Å². The number of aromatic nitrogens is 1. The zero-order chi connectivity index (χ0) is 10.3. The molecule has 1 atom stereocenters. The highest BCUT2D eigenvalue weighted by Crippen LogP contribution is 2.00. The molecular formula is C11H19N3O. The first-order valence-corrected chi connectivity index (χ1v) is 5.60. The number of nitrogens with one attached hydrogen (secondary N) is 3. The summed E-state index contributed by atoms with van der Waals surface area (Å²) in [4.78, 5) is 3.05. The summed E-state index contributed by atoms with van der Waals surface area (Å²) in [6.07, 6.45) is 5.44. The molecule has 0 amide bonds. The number of rotatable bonds is 5. The lowest BCUT2D eigenvalue weighted by molar-refractivity contribution is 0.0238. The maximum atomic E-state index is 5.61. The lowest BCUT2D eigenvalue weighted by Gasteiger charge is -2.23. The Morgan fingerprint density at radius 1 is 1.53 bits per heavy atom. The van der Waals surface area contributed by atoms with E-state index in [1.54, 1.807) is 0 Å². The molecule has 2 rings (SSSR count). The lowest BCUT2D eigenvalue weighted by Crippen LogP contribution is -2.39. The monoisotopic (exact) mass is 209 g/mol. The fourth-order valence-corrected chi connectivity index (χ4v) is 1.77. The lowest BCUT2D eigenvalue weighted by atomic mass is 10.2. The highest BCUT2D eigenvalue weighted by Gasteiger charge is 2.11. The van der Waals surface area contributed by atoms with Gasteiger partial charge in [0.1, 0.15) is 0 Å². The Hall–Kier alpha value is -0.840. The first kappa shape index (κ1) is 10.7. The molecule has 1 aliphatic heterocycles. The summed E-state index contributed by atoms with van der Waals surface area (Å²) in [5.41, 5.74) is 1.30. The third-order valence-corrected chi connectivity index (χ3v) is 2.64. The Morgan fingerprint density at radius 3 is 3.27 bits per heavy atom. The van der Waals surface area contributed by atoms with Gasteiger partial charge in [0.2, 0.25) is 0 Å². The molecule has 1 unspecified atom stereocenters. The van der Waals surface area contributed by atoms with Crippen LogP contribution in [0.1, 0.15) is 12.0 Å². The van der Waals surface area contributed by atoms with E-state index in [1.807, 2.05) is 12.4 Å². The molecular weight excluding hydrogens is 190 g/mol. The van der Waals surface area contributed by atoms with Crippen LogP contribution in [0.15, 0.2) is 18.5 Å². The average Bonchev–Trinajstić information content (AvgIpc) is 2.79. The Morgan fingerprint density at radius 2 is 2.53 bits per heavy atom. The molecule has 2 heterocycles. The molecule has 4 nitrogen and oxygen atoms in total. The Balaban J connectivity index is 1.54. The topological polar surface area (TPSA) is 49.1 Å². The van der Waals surface area contributed by atoms with Crippen molar-refractivity contribution in [3.8, 4) is 0 Å². The van der Waals surface area contributed by atoms with E-state index in [0.717, 1.165) is 39.2 Å². The van der Waals surface area contributed by atoms with Gasteiger partial charge < -0.3 is 20.4 Å². The van der Waals surface area contributed by atoms with Gasteiger partial charge in [0.25, 0.3) is 0 Å². The van der Waals surface area contributed by atoms with Crippen LogP contribution in [0.25, 0.3) is 0 Å². The minimum absolute atomic E-state index is 0.387. The molecule has 0 saturated carbocycles. The van der Waals surface area contributed by atoms with Crippen LogP contribution in [0.5, 0.6) is 0 Å². The summed E-state index contributed by atoms with van der Waals surface area (Å²) >= 11 is 0. The van der Waals surface area contributed by atoms with Crippen LogP contribution in [-0.2, 0) is 11.3 Å². The summed E-state index contributed by atoms with van der Waals surface area (Å²) in [5.74, 6) is 0. The van der Waals surface area contributed by atoms with Gasteiger partial charge in [-0.3, -0.25) is 0 Å². The smallest absolute Gasteiger partial charge is 0.0712 e. The van der Waals surface area contributed by atoms with E-state index < -0.39 is 0 Å². The molecule has 84 valence electrons. The Labute approximate surface area is 90.4 Å². The van der Waals surface area contributed by atoms with Crippen molar-refractivity contribution in [2.75, 3.05) is 26.2 Å². The van der Waals surface area contributed by atoms with E-state index in [4.69, 9.17) is 4.74 Å². The highest BCUT2D eigenvalue weighted by atomic mass is 16.5. The minimum atomic E-state index is 0.387. The van der Waals surface area contributed by atoms with Crippen LogP contribution in [0, 0.1) is 0 Å². The van der Waals surface area contributed by atoms with E-state index >= 15 is 0 Å². The zero-order valence-corrected chi connectivity index (χ0v) is 8.96. The maximum Gasteiger partial charge on any atom is 0.0712 e. The molecule has 3 N–H and O–H groups in total. The molecule has 0 aliphatic carbocycles. The molecule has 1 fully saturated rings. The second-order valence-corrected chi connectivity index (χ2v) is 3.88. The van der Waals surface area contributed by atoms with Crippen molar-refractivity contribution in [2.24, 2.45) is 0 Å². The van der Waals surface area contributed by atoms with Crippen molar-refractivity contribution in [3.63, 3.8) is 0 Å². The quantitative estimate of drug-likeness (QED) is 0.618. The van der Waals surface area contributed by atoms with E-state index in [-0.39, 0.29) is 0 Å². The van der Waals surface area contributed by atoms with Crippen molar-refractivity contribution in [1.82, 2.24) is 15.6 Å². The van der Waals surface area contributed by atoms with Gasteiger partial charge in [-0.25, -0.2) is 0 Å². The number of morpholine rings is 1. The number of hydrogen-bond donors (Lipinski definition) is 3. The Bertz CT molecular complexity index is 255. The molecule has 0 spiro atoms. The van der Waals surface area contributed by atoms with Gasteiger partial charge in [0, 0.05) is 32.0 Å². The highest BCUT2D eigenvalue weighted by molar-refractivity contribution is 5.07. The molecule has 0 aromatic carbocycles. The van der Waals surface area contributed by atoms with Crippen LogP contribution in [-0.4, -0.2) is 37.3 Å². The first-order valence-electron chi connectivity index (χ1n) is 5.60. The molecule has 4 heteroatoms. The SMILES string of the molecule is c1cc(CNCCC2CNCCO2)c[nH]1. The van der Waals surface area contributed by atoms with E-state index in [2.05, 4.69) is 21.7 Å². The van der Waals surface area contributed by atoms with Crippen LogP contribution in [0.4, 0.5) is 0 Å². The second-order valence-electron chi connectivity index (χ2n) is 3.88. The number of H-pyrrole nitrogens is 1. The standard InChI is InChI=1S/C11H19N3O/c1-3-12-7-10(1)8-13-4-2-11-9-14-5-6-15-11/h1,3,7,11-14H,2,4-6,8-9H2. The summed E-state index contributed by atoms with van der Waals surface area (Å²) < 4.78 is 5.61.